The van der Waals surface area contributed by atoms with Crippen LogP contribution in [0.4, 0.5) is 0 Å². The van der Waals surface area contributed by atoms with Gasteiger partial charge in [-0.15, -0.1) is 0 Å². The van der Waals surface area contributed by atoms with Crippen LogP contribution in [0.2, 0.25) is 0 Å². The molecule has 15 heavy (non-hydrogen) atoms. The van der Waals surface area contributed by atoms with Crippen molar-refractivity contribution in [2.45, 2.75) is 26.9 Å². The lowest BCUT2D eigenvalue weighted by atomic mass is 9.93. The van der Waals surface area contributed by atoms with Crippen LogP contribution in [0, 0.1) is 5.92 Å². The van der Waals surface area contributed by atoms with Crippen LogP contribution < -0.4 is 0 Å². The van der Waals surface area contributed by atoms with Crippen molar-refractivity contribution in [3.8, 4) is 0 Å². The fraction of sp³-hybridized carbons (Fsp3) is 0.600. The van der Waals surface area contributed by atoms with E-state index in [1.54, 1.807) is 20.8 Å². The molecule has 0 N–H and O–H groups in total. The topological polar surface area (TPSA) is 52.6 Å². The maximum absolute atomic E-state index is 11.6. The van der Waals surface area contributed by atoms with E-state index in [4.69, 9.17) is 9.47 Å². The summed E-state index contributed by atoms with van der Waals surface area (Å²) in [5.74, 6) is -1.29. The molecule has 0 aromatic heterocycles. The number of hydrogen-bond donors (Lipinski definition) is 0. The molecule has 0 amide bonds. The summed E-state index contributed by atoms with van der Waals surface area (Å²) in [7, 11) is 0. The lowest BCUT2D eigenvalue weighted by molar-refractivity contribution is -0.158. The Morgan fingerprint density at radius 2 is 2.20 bits per heavy atom. The highest BCUT2D eigenvalue weighted by Crippen LogP contribution is 2.31. The Labute approximate surface area is 96.7 Å². The predicted molar refractivity (Wildman–Crippen MR) is 57.3 cm³/mol. The van der Waals surface area contributed by atoms with Crippen molar-refractivity contribution in [3.05, 3.63) is 10.1 Å². The van der Waals surface area contributed by atoms with Crippen LogP contribution >= 0.6 is 15.9 Å². The van der Waals surface area contributed by atoms with Crippen molar-refractivity contribution < 1.29 is 19.1 Å². The summed E-state index contributed by atoms with van der Waals surface area (Å²) >= 11 is 3.10. The zero-order valence-corrected chi connectivity index (χ0v) is 10.5. The minimum atomic E-state index is -0.503. The largest absolute Gasteiger partial charge is 0.465 e. The van der Waals surface area contributed by atoms with Crippen LogP contribution in [0.15, 0.2) is 10.1 Å². The standard InChI is InChI=1S/C10H13BrO4/c1-4-14-9(12)7-5(2)8(11)10(13)15-6(7)3/h6-7H,4H2,1-3H3/t6-,7-/m1/s1. The van der Waals surface area contributed by atoms with Crippen LogP contribution in [0.25, 0.3) is 0 Å². The molecular formula is C10H13BrO4. The van der Waals surface area contributed by atoms with Gasteiger partial charge in [0.15, 0.2) is 0 Å². The van der Waals surface area contributed by atoms with Crippen LogP contribution in [0.5, 0.6) is 0 Å². The Kier molecular flexibility index (Phi) is 3.90. The molecule has 1 rings (SSSR count). The molecule has 0 aliphatic carbocycles. The smallest absolute Gasteiger partial charge is 0.345 e. The van der Waals surface area contributed by atoms with E-state index in [1.165, 1.54) is 0 Å². The molecule has 0 spiro atoms. The third-order valence-electron chi connectivity index (χ3n) is 2.29. The summed E-state index contributed by atoms with van der Waals surface area (Å²) in [6.07, 6.45) is -0.474. The highest BCUT2D eigenvalue weighted by Gasteiger charge is 2.37. The third-order valence-corrected chi connectivity index (χ3v) is 3.24. The van der Waals surface area contributed by atoms with Crippen molar-refractivity contribution >= 4 is 27.9 Å². The zero-order chi connectivity index (χ0) is 11.6. The minimum Gasteiger partial charge on any atom is -0.465 e. The molecular weight excluding hydrogens is 264 g/mol. The van der Waals surface area contributed by atoms with Gasteiger partial charge in [0.25, 0.3) is 0 Å². The van der Waals surface area contributed by atoms with Crippen molar-refractivity contribution in [2.75, 3.05) is 6.61 Å². The van der Waals surface area contributed by atoms with Gasteiger partial charge >= 0.3 is 11.9 Å². The Bertz CT molecular complexity index is 321. The highest BCUT2D eigenvalue weighted by molar-refractivity contribution is 9.12. The van der Waals surface area contributed by atoms with Crippen molar-refractivity contribution in [2.24, 2.45) is 5.92 Å². The number of hydrogen-bond acceptors (Lipinski definition) is 4. The summed E-state index contributed by atoms with van der Waals surface area (Å²) in [5, 5.41) is 0. The summed E-state index contributed by atoms with van der Waals surface area (Å²) in [5.41, 5.74) is 0.664. The first kappa shape index (κ1) is 12.2. The molecule has 84 valence electrons. The van der Waals surface area contributed by atoms with Gasteiger partial charge in [-0.2, -0.15) is 0 Å². The SMILES string of the molecule is CCOC(=O)[C@@H]1C(C)=C(Br)C(=O)O[C@@H]1C. The average Bonchev–Trinajstić information content (AvgIpc) is 2.15. The van der Waals surface area contributed by atoms with E-state index in [9.17, 15) is 9.59 Å². The number of esters is 2. The molecule has 4 nitrogen and oxygen atoms in total. The molecule has 0 bridgehead atoms. The summed E-state index contributed by atoms with van der Waals surface area (Å²) < 4.78 is 10.2. The second kappa shape index (κ2) is 4.79. The molecule has 1 heterocycles. The van der Waals surface area contributed by atoms with Crippen molar-refractivity contribution in [1.29, 1.82) is 0 Å². The van der Waals surface area contributed by atoms with E-state index in [0.29, 0.717) is 16.7 Å². The lowest BCUT2D eigenvalue weighted by Gasteiger charge is -2.28. The fourth-order valence-corrected chi connectivity index (χ4v) is 1.88. The van der Waals surface area contributed by atoms with Gasteiger partial charge in [-0.1, -0.05) is 0 Å². The quantitative estimate of drug-likeness (QED) is 0.722. The molecule has 0 saturated carbocycles. The second-order valence-electron chi connectivity index (χ2n) is 3.34. The Balaban J connectivity index is 2.97. The number of carbonyl (C=O) groups excluding carboxylic acids is 2. The molecule has 0 aromatic carbocycles. The Morgan fingerprint density at radius 3 is 2.73 bits per heavy atom. The van der Waals surface area contributed by atoms with Crippen LogP contribution in [0.1, 0.15) is 20.8 Å². The maximum Gasteiger partial charge on any atom is 0.345 e. The van der Waals surface area contributed by atoms with Crippen LogP contribution in [-0.4, -0.2) is 24.6 Å². The van der Waals surface area contributed by atoms with Crippen LogP contribution in [0.3, 0.4) is 0 Å². The van der Waals surface area contributed by atoms with Gasteiger partial charge in [0.05, 0.1) is 6.61 Å². The number of carbonyl (C=O) groups is 2. The van der Waals surface area contributed by atoms with Gasteiger partial charge in [0.1, 0.15) is 16.5 Å². The molecule has 0 aromatic rings. The van der Waals surface area contributed by atoms with Crippen molar-refractivity contribution in [3.63, 3.8) is 0 Å². The van der Waals surface area contributed by atoms with Gasteiger partial charge in [-0.3, -0.25) is 4.79 Å². The third kappa shape index (κ3) is 2.40. The first-order valence-corrected chi connectivity index (χ1v) is 5.52. The van der Waals surface area contributed by atoms with E-state index >= 15 is 0 Å². The molecule has 0 fully saturated rings. The molecule has 1 aliphatic heterocycles. The summed E-state index contributed by atoms with van der Waals surface area (Å²) in [6, 6.07) is 0. The van der Waals surface area contributed by atoms with E-state index < -0.39 is 18.0 Å². The summed E-state index contributed by atoms with van der Waals surface area (Å²) in [4.78, 5) is 22.9. The minimum absolute atomic E-state index is 0.318. The normalized spacial score (nSPS) is 26.3. The molecule has 0 radical (unpaired) electrons. The molecule has 5 heteroatoms. The van der Waals surface area contributed by atoms with Gasteiger partial charge in [0.2, 0.25) is 0 Å². The Morgan fingerprint density at radius 1 is 1.60 bits per heavy atom. The average molecular weight is 277 g/mol. The van der Waals surface area contributed by atoms with Crippen LogP contribution in [-0.2, 0) is 19.1 Å². The first-order chi connectivity index (χ1) is 6.99. The number of cyclic esters (lactones) is 1. The highest BCUT2D eigenvalue weighted by atomic mass is 79.9. The predicted octanol–water partition coefficient (Wildman–Crippen LogP) is 1.78. The van der Waals surface area contributed by atoms with Gasteiger partial charge in [-0.05, 0) is 42.3 Å². The molecule has 0 unspecified atom stereocenters. The van der Waals surface area contributed by atoms with Gasteiger partial charge in [0, 0.05) is 0 Å². The lowest BCUT2D eigenvalue weighted by Crippen LogP contribution is -2.37. The van der Waals surface area contributed by atoms with Gasteiger partial charge in [-0.25, -0.2) is 4.79 Å². The van der Waals surface area contributed by atoms with E-state index in [2.05, 4.69) is 15.9 Å². The number of halogens is 1. The van der Waals surface area contributed by atoms with E-state index in [1.807, 2.05) is 0 Å². The first-order valence-electron chi connectivity index (χ1n) is 4.72. The number of ether oxygens (including phenoxy) is 2. The van der Waals surface area contributed by atoms with E-state index in [-0.39, 0.29) is 5.97 Å². The maximum atomic E-state index is 11.6. The zero-order valence-electron chi connectivity index (χ0n) is 8.87. The van der Waals surface area contributed by atoms with Crippen molar-refractivity contribution in [1.82, 2.24) is 0 Å². The Hall–Kier alpha value is -0.840. The molecule has 2 atom stereocenters. The monoisotopic (exact) mass is 276 g/mol. The fourth-order valence-electron chi connectivity index (χ4n) is 1.54. The molecule has 1 aliphatic rings. The second-order valence-corrected chi connectivity index (χ2v) is 4.13. The number of rotatable bonds is 2. The van der Waals surface area contributed by atoms with Gasteiger partial charge < -0.3 is 9.47 Å². The summed E-state index contributed by atoms with van der Waals surface area (Å²) in [6.45, 7) is 5.47. The molecule has 0 saturated heterocycles. The van der Waals surface area contributed by atoms with E-state index in [0.717, 1.165) is 0 Å².